The molecule has 1 aliphatic heterocycles. The van der Waals surface area contributed by atoms with Crippen molar-refractivity contribution in [1.82, 2.24) is 5.32 Å². The average Bonchev–Trinajstić information content (AvgIpc) is 2.82. The molecule has 1 saturated heterocycles. The van der Waals surface area contributed by atoms with Gasteiger partial charge >= 0.3 is 5.97 Å². The zero-order valence-corrected chi connectivity index (χ0v) is 8.46. The largest absolute Gasteiger partial charge is 0.480 e. The first kappa shape index (κ1) is 9.92. The van der Waals surface area contributed by atoms with E-state index in [2.05, 4.69) is 5.32 Å². The number of sulfone groups is 1. The molecule has 1 heterocycles. The normalized spacial score (nSPS) is 33.1. The van der Waals surface area contributed by atoms with Gasteiger partial charge in [-0.05, 0) is 19.3 Å². The fraction of sp³-hybridized carbons (Fsp3) is 0.875. The highest BCUT2D eigenvalue weighted by molar-refractivity contribution is 7.93. The first-order chi connectivity index (χ1) is 6.51. The minimum absolute atomic E-state index is 0.193. The second kappa shape index (κ2) is 3.20. The number of carboxylic acid groups (broad SMARTS) is 1. The van der Waals surface area contributed by atoms with E-state index in [1.54, 1.807) is 0 Å². The molecule has 2 N–H and O–H groups in total. The van der Waals surface area contributed by atoms with Crippen LogP contribution in [0.4, 0.5) is 0 Å². The lowest BCUT2D eigenvalue weighted by molar-refractivity contribution is -0.139. The molecule has 0 aromatic heterocycles. The van der Waals surface area contributed by atoms with E-state index in [1.807, 2.05) is 0 Å². The van der Waals surface area contributed by atoms with Crippen molar-refractivity contribution in [1.29, 1.82) is 0 Å². The molecule has 80 valence electrons. The topological polar surface area (TPSA) is 83.5 Å². The third-order valence-electron chi connectivity index (χ3n) is 2.84. The highest BCUT2D eigenvalue weighted by Crippen LogP contribution is 2.33. The molecule has 1 aliphatic carbocycles. The first-order valence-corrected chi connectivity index (χ1v) is 6.31. The zero-order valence-electron chi connectivity index (χ0n) is 7.64. The standard InChI is InChI=1S/C8H13NO4S/c10-8(11)7-3-6(4-9-7)14(12,13)5-1-2-5/h5-7,9H,1-4H2,(H,10,11)/t6-,7+/m1/s1. The highest BCUT2D eigenvalue weighted by atomic mass is 32.2. The van der Waals surface area contributed by atoms with E-state index in [9.17, 15) is 13.2 Å². The SMILES string of the molecule is O=C(O)[C@@H]1C[C@@H](S(=O)(=O)C2CC2)CN1. The Morgan fingerprint density at radius 3 is 2.36 bits per heavy atom. The van der Waals surface area contributed by atoms with Crippen molar-refractivity contribution in [3.63, 3.8) is 0 Å². The molecule has 5 nitrogen and oxygen atoms in total. The summed E-state index contributed by atoms with van der Waals surface area (Å²) < 4.78 is 23.5. The third kappa shape index (κ3) is 1.64. The molecule has 14 heavy (non-hydrogen) atoms. The lowest BCUT2D eigenvalue weighted by Crippen LogP contribution is -2.30. The van der Waals surface area contributed by atoms with Crippen LogP contribution in [-0.2, 0) is 14.6 Å². The third-order valence-corrected chi connectivity index (χ3v) is 5.53. The predicted octanol–water partition coefficient (Wildman–Crippen LogP) is -0.621. The van der Waals surface area contributed by atoms with Gasteiger partial charge in [0.2, 0.25) is 0 Å². The van der Waals surface area contributed by atoms with Crippen molar-refractivity contribution in [3.8, 4) is 0 Å². The molecular weight excluding hydrogens is 206 g/mol. The van der Waals surface area contributed by atoms with E-state index in [0.29, 0.717) is 0 Å². The summed E-state index contributed by atoms with van der Waals surface area (Å²) in [5, 5.41) is 10.7. The van der Waals surface area contributed by atoms with Gasteiger partial charge in [-0.3, -0.25) is 4.79 Å². The van der Waals surface area contributed by atoms with E-state index in [-0.39, 0.29) is 18.2 Å². The second-order valence-corrected chi connectivity index (χ2v) is 6.46. The number of carbonyl (C=O) groups is 1. The van der Waals surface area contributed by atoms with E-state index in [0.717, 1.165) is 12.8 Å². The van der Waals surface area contributed by atoms with Crippen LogP contribution >= 0.6 is 0 Å². The Kier molecular flexibility index (Phi) is 2.27. The maximum Gasteiger partial charge on any atom is 0.320 e. The molecule has 2 rings (SSSR count). The fourth-order valence-electron chi connectivity index (χ4n) is 1.81. The van der Waals surface area contributed by atoms with Gasteiger partial charge in [-0.15, -0.1) is 0 Å². The minimum Gasteiger partial charge on any atom is -0.480 e. The monoisotopic (exact) mass is 219 g/mol. The van der Waals surface area contributed by atoms with Gasteiger partial charge in [0.25, 0.3) is 0 Å². The average molecular weight is 219 g/mol. The summed E-state index contributed by atoms with van der Waals surface area (Å²) in [7, 11) is -3.06. The Morgan fingerprint density at radius 1 is 1.29 bits per heavy atom. The van der Waals surface area contributed by atoms with E-state index in [4.69, 9.17) is 5.11 Å². The Morgan fingerprint density at radius 2 is 1.93 bits per heavy atom. The molecule has 0 bridgehead atoms. The Labute approximate surface area is 82.4 Å². The van der Waals surface area contributed by atoms with Gasteiger partial charge in [-0.1, -0.05) is 0 Å². The van der Waals surface area contributed by atoms with Gasteiger partial charge in [0.1, 0.15) is 6.04 Å². The van der Waals surface area contributed by atoms with Crippen molar-refractivity contribution in [2.24, 2.45) is 0 Å². The molecule has 2 fully saturated rings. The molecule has 0 aromatic rings. The van der Waals surface area contributed by atoms with E-state index < -0.39 is 27.1 Å². The summed E-state index contributed by atoms with van der Waals surface area (Å²) in [4.78, 5) is 10.6. The number of hydrogen-bond donors (Lipinski definition) is 2. The van der Waals surface area contributed by atoms with Crippen molar-refractivity contribution >= 4 is 15.8 Å². The van der Waals surface area contributed by atoms with Crippen LogP contribution in [0.25, 0.3) is 0 Å². The lowest BCUT2D eigenvalue weighted by atomic mass is 10.2. The van der Waals surface area contributed by atoms with Crippen molar-refractivity contribution in [2.75, 3.05) is 6.54 Å². The summed E-state index contributed by atoms with van der Waals surface area (Å²) in [5.41, 5.74) is 0. The minimum atomic E-state index is -3.06. The van der Waals surface area contributed by atoms with Crippen LogP contribution in [-0.4, -0.2) is 42.6 Å². The predicted molar refractivity (Wildman–Crippen MR) is 49.8 cm³/mol. The summed E-state index contributed by atoms with van der Waals surface area (Å²) >= 11 is 0. The van der Waals surface area contributed by atoms with Crippen molar-refractivity contribution < 1.29 is 18.3 Å². The zero-order chi connectivity index (χ0) is 10.3. The fourth-order valence-corrected chi connectivity index (χ4v) is 3.94. The molecule has 6 heteroatoms. The van der Waals surface area contributed by atoms with Crippen molar-refractivity contribution in [3.05, 3.63) is 0 Å². The van der Waals surface area contributed by atoms with Crippen LogP contribution in [0.15, 0.2) is 0 Å². The lowest BCUT2D eigenvalue weighted by Gasteiger charge is -2.08. The van der Waals surface area contributed by atoms with E-state index in [1.165, 1.54) is 0 Å². The Hall–Kier alpha value is -0.620. The van der Waals surface area contributed by atoms with Gasteiger partial charge < -0.3 is 10.4 Å². The van der Waals surface area contributed by atoms with Gasteiger partial charge in [0.05, 0.1) is 10.5 Å². The highest BCUT2D eigenvalue weighted by Gasteiger charge is 2.45. The van der Waals surface area contributed by atoms with E-state index >= 15 is 0 Å². The molecule has 2 atom stereocenters. The summed E-state index contributed by atoms with van der Waals surface area (Å²) in [6, 6.07) is -0.687. The Balaban J connectivity index is 2.05. The van der Waals surface area contributed by atoms with Crippen LogP contribution < -0.4 is 5.32 Å². The molecule has 0 radical (unpaired) electrons. The summed E-state index contributed by atoms with van der Waals surface area (Å²) in [5.74, 6) is -0.960. The van der Waals surface area contributed by atoms with Crippen LogP contribution in [0.2, 0.25) is 0 Å². The first-order valence-electron chi connectivity index (χ1n) is 4.70. The number of nitrogens with one attached hydrogen (secondary N) is 1. The quantitative estimate of drug-likeness (QED) is 0.661. The maximum atomic E-state index is 11.7. The smallest absolute Gasteiger partial charge is 0.320 e. The van der Waals surface area contributed by atoms with Gasteiger partial charge in [-0.25, -0.2) is 8.42 Å². The van der Waals surface area contributed by atoms with Crippen LogP contribution in [0.5, 0.6) is 0 Å². The maximum absolute atomic E-state index is 11.7. The molecule has 0 unspecified atom stereocenters. The van der Waals surface area contributed by atoms with Gasteiger partial charge in [0.15, 0.2) is 9.84 Å². The summed E-state index contributed by atoms with van der Waals surface area (Å²) in [6.07, 6.45) is 1.71. The number of carboxylic acids is 1. The molecular formula is C8H13NO4S. The molecule has 1 saturated carbocycles. The number of rotatable bonds is 3. The Bertz CT molecular complexity index is 346. The van der Waals surface area contributed by atoms with Gasteiger partial charge in [-0.2, -0.15) is 0 Å². The molecule has 0 aromatic carbocycles. The van der Waals surface area contributed by atoms with Crippen LogP contribution in [0.1, 0.15) is 19.3 Å². The molecule has 2 aliphatic rings. The van der Waals surface area contributed by atoms with Crippen LogP contribution in [0.3, 0.4) is 0 Å². The van der Waals surface area contributed by atoms with Crippen molar-refractivity contribution in [2.45, 2.75) is 35.8 Å². The second-order valence-electron chi connectivity index (χ2n) is 3.95. The molecule has 0 amide bonds. The number of hydrogen-bond acceptors (Lipinski definition) is 4. The van der Waals surface area contributed by atoms with Gasteiger partial charge in [0, 0.05) is 6.54 Å². The molecule has 0 spiro atoms. The summed E-state index contributed by atoms with van der Waals surface area (Å²) in [6.45, 7) is 0.288. The van der Waals surface area contributed by atoms with Crippen LogP contribution in [0, 0.1) is 0 Å². The number of aliphatic carboxylic acids is 1.